The minimum Gasteiger partial charge on any atom is -0.506 e. The first kappa shape index (κ1) is 17.5. The maximum absolute atomic E-state index is 13.1. The molecule has 3 heterocycles. The van der Waals surface area contributed by atoms with Crippen molar-refractivity contribution in [2.24, 2.45) is 0 Å². The van der Waals surface area contributed by atoms with Gasteiger partial charge in [0.25, 0.3) is 5.91 Å². The van der Waals surface area contributed by atoms with E-state index in [0.29, 0.717) is 4.88 Å². The van der Waals surface area contributed by atoms with Gasteiger partial charge in [-0.15, -0.1) is 22.7 Å². The van der Waals surface area contributed by atoms with Crippen LogP contribution in [0.15, 0.2) is 64.6 Å². The summed E-state index contributed by atoms with van der Waals surface area (Å²) < 4.78 is 0. The lowest BCUT2D eigenvalue weighted by Crippen LogP contribution is -2.30. The summed E-state index contributed by atoms with van der Waals surface area (Å²) >= 11 is 2.66. The second-order valence-electron chi connectivity index (χ2n) is 6.10. The lowest BCUT2D eigenvalue weighted by molar-refractivity contribution is -0.117. The number of anilines is 1. The Morgan fingerprint density at radius 2 is 1.81 bits per heavy atom. The topological polar surface area (TPSA) is 77.8 Å². The fourth-order valence-electron chi connectivity index (χ4n) is 3.21. The van der Waals surface area contributed by atoms with Crippen LogP contribution in [0.3, 0.4) is 0 Å². The molecule has 0 saturated carbocycles. The molecule has 0 radical (unpaired) electrons. The molecule has 7 heteroatoms. The molecule has 0 spiro atoms. The van der Waals surface area contributed by atoms with Crippen LogP contribution in [0.5, 0.6) is 5.75 Å². The van der Waals surface area contributed by atoms with Crippen molar-refractivity contribution in [2.75, 3.05) is 4.90 Å². The summed E-state index contributed by atoms with van der Waals surface area (Å²) in [5.41, 5.74) is 1.20. The third-order valence-corrected chi connectivity index (χ3v) is 6.43. The van der Waals surface area contributed by atoms with Crippen LogP contribution in [0, 0.1) is 6.92 Å². The van der Waals surface area contributed by atoms with Crippen LogP contribution in [0.4, 0.5) is 5.69 Å². The number of amides is 1. The summed E-state index contributed by atoms with van der Waals surface area (Å²) in [7, 11) is 0. The van der Waals surface area contributed by atoms with Gasteiger partial charge in [0.05, 0.1) is 16.1 Å². The Hall–Kier alpha value is -2.90. The van der Waals surface area contributed by atoms with Gasteiger partial charge in [0, 0.05) is 4.88 Å². The normalized spacial score (nSPS) is 17.0. The van der Waals surface area contributed by atoms with E-state index in [9.17, 15) is 19.8 Å². The fraction of sp³-hybridized carbons (Fsp3) is 0.100. The van der Waals surface area contributed by atoms with E-state index >= 15 is 0 Å². The molecule has 2 aromatic heterocycles. The van der Waals surface area contributed by atoms with Gasteiger partial charge in [-0.05, 0) is 47.5 Å². The first-order valence-corrected chi connectivity index (χ1v) is 9.93. The second-order valence-corrected chi connectivity index (χ2v) is 8.00. The highest BCUT2D eigenvalue weighted by Gasteiger charge is 2.46. The molecular weight excluding hydrogens is 382 g/mol. The number of ketones is 1. The van der Waals surface area contributed by atoms with Crippen molar-refractivity contribution < 1.29 is 19.8 Å². The minimum atomic E-state index is -0.791. The Bertz CT molecular complexity index is 1070. The van der Waals surface area contributed by atoms with E-state index in [0.717, 1.165) is 10.4 Å². The quantitative estimate of drug-likeness (QED) is 0.631. The number of carbonyl (C=O) groups excluding carboxylic acids is 2. The van der Waals surface area contributed by atoms with Gasteiger partial charge < -0.3 is 10.2 Å². The molecule has 1 atom stereocenters. The summed E-state index contributed by atoms with van der Waals surface area (Å²) in [5, 5.41) is 24.5. The summed E-state index contributed by atoms with van der Waals surface area (Å²) in [4.78, 5) is 28.5. The summed E-state index contributed by atoms with van der Waals surface area (Å²) in [6.07, 6.45) is 0. The molecule has 1 aromatic carbocycles. The van der Waals surface area contributed by atoms with Crippen LogP contribution in [-0.2, 0) is 4.79 Å². The van der Waals surface area contributed by atoms with Crippen LogP contribution in [0.2, 0.25) is 0 Å². The highest BCUT2D eigenvalue weighted by atomic mass is 32.1. The number of hydrogen-bond donors (Lipinski definition) is 2. The van der Waals surface area contributed by atoms with E-state index in [2.05, 4.69) is 0 Å². The van der Waals surface area contributed by atoms with E-state index in [-0.39, 0.29) is 22.8 Å². The average molecular weight is 397 g/mol. The number of Topliss-reactive ketones (excluding diaryl/α,β-unsaturated/α-hetero) is 1. The van der Waals surface area contributed by atoms with Gasteiger partial charge in [-0.3, -0.25) is 14.5 Å². The molecular formula is C20H15NO4S2. The smallest absolute Gasteiger partial charge is 0.294 e. The Kier molecular flexibility index (Phi) is 4.33. The van der Waals surface area contributed by atoms with E-state index in [1.54, 1.807) is 35.7 Å². The molecule has 2 N–H and O–H groups in total. The van der Waals surface area contributed by atoms with Gasteiger partial charge in [-0.2, -0.15) is 0 Å². The van der Waals surface area contributed by atoms with E-state index in [1.807, 2.05) is 18.4 Å². The number of hydrogen-bond acceptors (Lipinski definition) is 6. The number of nitrogens with zero attached hydrogens (tertiary/aromatic N) is 1. The lowest BCUT2D eigenvalue weighted by Gasteiger charge is -2.26. The minimum absolute atomic E-state index is 0.0382. The van der Waals surface area contributed by atoms with Crippen molar-refractivity contribution in [2.45, 2.75) is 13.0 Å². The number of aromatic hydroxyl groups is 1. The number of aliphatic hydroxyl groups excluding tert-OH is 1. The zero-order valence-corrected chi connectivity index (χ0v) is 15.9. The zero-order chi connectivity index (χ0) is 19.1. The summed E-state index contributed by atoms with van der Waals surface area (Å²) in [6, 6.07) is 10.9. The Balaban J connectivity index is 1.92. The molecule has 0 aliphatic carbocycles. The summed E-state index contributed by atoms with van der Waals surface area (Å²) in [6.45, 7) is 1.89. The molecule has 1 amide bonds. The van der Waals surface area contributed by atoms with Crippen molar-refractivity contribution in [3.63, 3.8) is 0 Å². The molecule has 1 aliphatic rings. The molecule has 1 unspecified atom stereocenters. The number of para-hydroxylation sites is 2. The standard InChI is InChI=1S/C20H15NO4S2/c1-11-8-10-27-19(11)16-15(17(23)14-7-4-9-26-14)18(24)20(25)21(16)12-5-2-3-6-13(12)22/h2-10,16,22,24H,1H3. The van der Waals surface area contributed by atoms with Gasteiger partial charge in [0.15, 0.2) is 5.76 Å². The van der Waals surface area contributed by atoms with Crippen LogP contribution >= 0.6 is 22.7 Å². The number of carbonyl (C=O) groups is 2. The van der Waals surface area contributed by atoms with Gasteiger partial charge in [0.2, 0.25) is 5.78 Å². The zero-order valence-electron chi connectivity index (χ0n) is 14.2. The summed E-state index contributed by atoms with van der Waals surface area (Å²) in [5.74, 6) is -1.75. The van der Waals surface area contributed by atoms with E-state index in [4.69, 9.17) is 0 Å². The molecule has 4 rings (SSSR count). The third kappa shape index (κ3) is 2.75. The van der Waals surface area contributed by atoms with Crippen molar-refractivity contribution >= 4 is 40.1 Å². The van der Waals surface area contributed by atoms with Gasteiger partial charge in [0.1, 0.15) is 11.8 Å². The van der Waals surface area contributed by atoms with Crippen LogP contribution in [0.25, 0.3) is 0 Å². The first-order chi connectivity index (χ1) is 13.0. The number of phenols is 1. The third-order valence-electron chi connectivity index (χ3n) is 4.49. The van der Waals surface area contributed by atoms with Crippen LogP contribution in [0.1, 0.15) is 26.2 Å². The second kappa shape index (κ2) is 6.68. The number of aryl methyl sites for hydroxylation is 1. The number of phenolic OH excluding ortho intramolecular Hbond substituents is 1. The van der Waals surface area contributed by atoms with Gasteiger partial charge in [-0.1, -0.05) is 18.2 Å². The number of rotatable bonds is 4. The number of benzene rings is 1. The molecule has 0 bridgehead atoms. The SMILES string of the molecule is Cc1ccsc1C1C(C(=O)c2cccs2)=C(O)C(=O)N1c1ccccc1O. The van der Waals surface area contributed by atoms with Crippen molar-refractivity contribution in [3.8, 4) is 5.75 Å². The largest absolute Gasteiger partial charge is 0.506 e. The molecule has 0 saturated heterocycles. The monoisotopic (exact) mass is 397 g/mol. The number of aliphatic hydroxyl groups is 1. The van der Waals surface area contributed by atoms with Crippen LogP contribution < -0.4 is 4.90 Å². The van der Waals surface area contributed by atoms with Crippen molar-refractivity contribution in [1.29, 1.82) is 0 Å². The molecule has 1 aliphatic heterocycles. The predicted molar refractivity (Wildman–Crippen MR) is 106 cm³/mol. The van der Waals surface area contributed by atoms with Gasteiger partial charge in [-0.25, -0.2) is 0 Å². The Morgan fingerprint density at radius 1 is 1.04 bits per heavy atom. The molecule has 27 heavy (non-hydrogen) atoms. The van der Waals surface area contributed by atoms with Crippen molar-refractivity contribution in [3.05, 3.63) is 79.9 Å². The first-order valence-electron chi connectivity index (χ1n) is 8.17. The van der Waals surface area contributed by atoms with Crippen molar-refractivity contribution in [1.82, 2.24) is 0 Å². The molecule has 136 valence electrons. The average Bonchev–Trinajstić information content (AvgIpc) is 3.37. The Labute approximate surface area is 163 Å². The van der Waals surface area contributed by atoms with Crippen LogP contribution in [-0.4, -0.2) is 21.9 Å². The highest BCUT2D eigenvalue weighted by molar-refractivity contribution is 7.12. The predicted octanol–water partition coefficient (Wildman–Crippen LogP) is 4.61. The van der Waals surface area contributed by atoms with E-state index < -0.39 is 17.7 Å². The molecule has 5 nitrogen and oxygen atoms in total. The highest BCUT2D eigenvalue weighted by Crippen LogP contribution is 2.46. The maximum Gasteiger partial charge on any atom is 0.294 e. The maximum atomic E-state index is 13.1. The van der Waals surface area contributed by atoms with E-state index in [1.165, 1.54) is 33.6 Å². The molecule has 3 aromatic rings. The lowest BCUT2D eigenvalue weighted by atomic mass is 9.98. The fourth-order valence-corrected chi connectivity index (χ4v) is 4.91. The van der Waals surface area contributed by atoms with Gasteiger partial charge >= 0.3 is 0 Å². The number of thiophene rings is 2. The Morgan fingerprint density at radius 3 is 2.44 bits per heavy atom. The molecule has 0 fully saturated rings.